The number of anilines is 1. The standard InChI is InChI=1S/C20H23F3N4O2/c1-14(15-6-8-18(25-11-15)29-13-20(21,22)23)26-19(28)16-5-7-17(24-12-16)27-9-3-2-4-10-27/h5-8,11-12,14H,2-4,9-10,13H2,1H3,(H,26,28). The molecule has 3 rings (SSSR count). The minimum atomic E-state index is -4.42. The van der Waals surface area contributed by atoms with E-state index >= 15 is 0 Å². The molecule has 1 saturated heterocycles. The molecule has 1 fully saturated rings. The summed E-state index contributed by atoms with van der Waals surface area (Å²) in [5.41, 5.74) is 1.09. The fourth-order valence-electron chi connectivity index (χ4n) is 3.08. The zero-order chi connectivity index (χ0) is 20.9. The first kappa shape index (κ1) is 20.9. The maximum Gasteiger partial charge on any atom is 0.422 e. The SMILES string of the molecule is CC(NC(=O)c1ccc(N2CCCCC2)nc1)c1ccc(OCC(F)(F)F)nc1. The molecule has 0 aromatic carbocycles. The Labute approximate surface area is 167 Å². The van der Waals surface area contributed by atoms with E-state index in [0.717, 1.165) is 31.7 Å². The van der Waals surface area contributed by atoms with Gasteiger partial charge in [-0.25, -0.2) is 9.97 Å². The molecule has 0 bridgehead atoms. The van der Waals surface area contributed by atoms with Crippen LogP contribution >= 0.6 is 0 Å². The topological polar surface area (TPSA) is 67.4 Å². The van der Waals surface area contributed by atoms with E-state index in [-0.39, 0.29) is 17.8 Å². The second-order valence-electron chi connectivity index (χ2n) is 6.98. The summed E-state index contributed by atoms with van der Waals surface area (Å²) in [5, 5.41) is 2.83. The summed E-state index contributed by atoms with van der Waals surface area (Å²) in [6.07, 6.45) is 2.05. The highest BCUT2D eigenvalue weighted by Gasteiger charge is 2.28. The van der Waals surface area contributed by atoms with Crippen LogP contribution < -0.4 is 15.0 Å². The number of hydrogen-bond donors (Lipinski definition) is 1. The Morgan fingerprint density at radius 3 is 2.48 bits per heavy atom. The fraction of sp³-hybridized carbons (Fsp3) is 0.450. The van der Waals surface area contributed by atoms with E-state index in [4.69, 9.17) is 0 Å². The monoisotopic (exact) mass is 408 g/mol. The molecule has 3 heterocycles. The largest absolute Gasteiger partial charge is 0.468 e. The number of piperidine rings is 1. The number of pyridine rings is 2. The summed E-state index contributed by atoms with van der Waals surface area (Å²) in [7, 11) is 0. The van der Waals surface area contributed by atoms with Crippen LogP contribution in [0.4, 0.5) is 19.0 Å². The Morgan fingerprint density at radius 1 is 1.14 bits per heavy atom. The Kier molecular flexibility index (Phi) is 6.56. The van der Waals surface area contributed by atoms with Crippen molar-refractivity contribution < 1.29 is 22.7 Å². The van der Waals surface area contributed by atoms with Gasteiger partial charge in [0.15, 0.2) is 6.61 Å². The van der Waals surface area contributed by atoms with E-state index in [9.17, 15) is 18.0 Å². The van der Waals surface area contributed by atoms with Crippen molar-refractivity contribution in [1.82, 2.24) is 15.3 Å². The van der Waals surface area contributed by atoms with E-state index in [1.54, 1.807) is 25.3 Å². The maximum atomic E-state index is 12.5. The molecule has 0 saturated carbocycles. The van der Waals surface area contributed by atoms with Crippen molar-refractivity contribution in [2.24, 2.45) is 0 Å². The van der Waals surface area contributed by atoms with Gasteiger partial charge in [0.25, 0.3) is 5.91 Å². The number of carbonyl (C=O) groups is 1. The molecular weight excluding hydrogens is 385 g/mol. The van der Waals surface area contributed by atoms with Gasteiger partial charge in [-0.1, -0.05) is 6.07 Å². The summed E-state index contributed by atoms with van der Waals surface area (Å²) in [6.45, 7) is 2.32. The Hall–Kier alpha value is -2.84. The van der Waals surface area contributed by atoms with Crippen molar-refractivity contribution in [1.29, 1.82) is 0 Å². The zero-order valence-corrected chi connectivity index (χ0v) is 16.1. The zero-order valence-electron chi connectivity index (χ0n) is 16.1. The molecule has 2 aromatic rings. The Morgan fingerprint density at radius 2 is 1.90 bits per heavy atom. The summed E-state index contributed by atoms with van der Waals surface area (Å²) < 4.78 is 41.1. The molecule has 0 spiro atoms. The number of nitrogens with one attached hydrogen (secondary N) is 1. The van der Waals surface area contributed by atoms with Gasteiger partial charge in [-0.15, -0.1) is 0 Å². The molecule has 1 unspecified atom stereocenters. The maximum absolute atomic E-state index is 12.5. The van der Waals surface area contributed by atoms with E-state index in [1.807, 2.05) is 6.07 Å². The highest BCUT2D eigenvalue weighted by atomic mass is 19.4. The van der Waals surface area contributed by atoms with Crippen LogP contribution in [0.15, 0.2) is 36.7 Å². The number of aromatic nitrogens is 2. The molecule has 1 aliphatic heterocycles. The number of nitrogens with zero attached hydrogens (tertiary/aromatic N) is 3. The number of alkyl halides is 3. The molecule has 1 N–H and O–H groups in total. The molecule has 2 aromatic heterocycles. The lowest BCUT2D eigenvalue weighted by atomic mass is 10.1. The van der Waals surface area contributed by atoms with Crippen LogP contribution in [0.25, 0.3) is 0 Å². The summed E-state index contributed by atoms with van der Waals surface area (Å²) >= 11 is 0. The number of halogens is 3. The number of rotatable bonds is 6. The third-order valence-electron chi connectivity index (χ3n) is 4.68. The van der Waals surface area contributed by atoms with Crippen molar-refractivity contribution in [3.8, 4) is 5.88 Å². The van der Waals surface area contributed by atoms with Crippen molar-refractivity contribution in [2.75, 3.05) is 24.6 Å². The van der Waals surface area contributed by atoms with Crippen LogP contribution in [0.1, 0.15) is 48.1 Å². The van der Waals surface area contributed by atoms with Crippen LogP contribution in [-0.2, 0) is 0 Å². The fourth-order valence-corrected chi connectivity index (χ4v) is 3.08. The second-order valence-corrected chi connectivity index (χ2v) is 6.98. The molecule has 29 heavy (non-hydrogen) atoms. The van der Waals surface area contributed by atoms with Crippen LogP contribution in [-0.4, -0.2) is 41.7 Å². The van der Waals surface area contributed by atoms with Gasteiger partial charge in [0.2, 0.25) is 5.88 Å². The molecular formula is C20H23F3N4O2. The van der Waals surface area contributed by atoms with Crippen molar-refractivity contribution in [3.63, 3.8) is 0 Å². The van der Waals surface area contributed by atoms with Crippen LogP contribution in [0, 0.1) is 0 Å². The van der Waals surface area contributed by atoms with Gasteiger partial charge >= 0.3 is 6.18 Å². The van der Waals surface area contributed by atoms with Crippen molar-refractivity contribution in [3.05, 3.63) is 47.8 Å². The third kappa shape index (κ3) is 6.07. The normalized spacial score (nSPS) is 15.7. The smallest absolute Gasteiger partial charge is 0.422 e. The third-order valence-corrected chi connectivity index (χ3v) is 4.68. The Balaban J connectivity index is 1.55. The van der Waals surface area contributed by atoms with E-state index in [1.165, 1.54) is 18.7 Å². The highest BCUT2D eigenvalue weighted by Crippen LogP contribution is 2.20. The Bertz CT molecular complexity index is 804. The van der Waals surface area contributed by atoms with Gasteiger partial charge in [-0.3, -0.25) is 4.79 Å². The average molecular weight is 408 g/mol. The van der Waals surface area contributed by atoms with Crippen LogP contribution in [0.3, 0.4) is 0 Å². The summed E-state index contributed by atoms with van der Waals surface area (Å²) in [5.74, 6) is 0.461. The molecule has 156 valence electrons. The van der Waals surface area contributed by atoms with Crippen molar-refractivity contribution >= 4 is 11.7 Å². The molecule has 0 aliphatic carbocycles. The summed E-state index contributed by atoms with van der Waals surface area (Å²) in [4.78, 5) is 22.9. The highest BCUT2D eigenvalue weighted by molar-refractivity contribution is 5.94. The molecule has 9 heteroatoms. The number of carbonyl (C=O) groups excluding carboxylic acids is 1. The molecule has 6 nitrogen and oxygen atoms in total. The van der Waals surface area contributed by atoms with Gasteiger partial charge in [-0.2, -0.15) is 13.2 Å². The predicted octanol–water partition coefficient (Wildman–Crippen LogP) is 3.90. The minimum Gasteiger partial charge on any atom is -0.468 e. The van der Waals surface area contributed by atoms with E-state index in [0.29, 0.717) is 11.1 Å². The van der Waals surface area contributed by atoms with Crippen LogP contribution in [0.2, 0.25) is 0 Å². The molecule has 1 atom stereocenters. The number of amides is 1. The average Bonchev–Trinajstić information content (AvgIpc) is 2.73. The number of hydrogen-bond acceptors (Lipinski definition) is 5. The first-order chi connectivity index (χ1) is 13.8. The van der Waals surface area contributed by atoms with Gasteiger partial charge in [0.1, 0.15) is 5.82 Å². The number of ether oxygens (including phenoxy) is 1. The van der Waals surface area contributed by atoms with E-state index < -0.39 is 12.8 Å². The lowest BCUT2D eigenvalue weighted by molar-refractivity contribution is -0.154. The van der Waals surface area contributed by atoms with Crippen LogP contribution in [0.5, 0.6) is 5.88 Å². The van der Waals surface area contributed by atoms with Gasteiger partial charge in [0, 0.05) is 31.5 Å². The first-order valence-corrected chi connectivity index (χ1v) is 9.49. The molecule has 0 radical (unpaired) electrons. The first-order valence-electron chi connectivity index (χ1n) is 9.49. The molecule has 1 amide bonds. The summed E-state index contributed by atoms with van der Waals surface area (Å²) in [6, 6.07) is 6.12. The second kappa shape index (κ2) is 9.11. The molecule has 1 aliphatic rings. The predicted molar refractivity (Wildman–Crippen MR) is 102 cm³/mol. The van der Waals surface area contributed by atoms with E-state index in [2.05, 4.69) is 24.9 Å². The van der Waals surface area contributed by atoms with Gasteiger partial charge in [-0.05, 0) is 43.9 Å². The lowest BCUT2D eigenvalue weighted by Crippen LogP contribution is -2.30. The van der Waals surface area contributed by atoms with Gasteiger partial charge in [0.05, 0.1) is 11.6 Å². The minimum absolute atomic E-state index is 0.123. The van der Waals surface area contributed by atoms with Crippen molar-refractivity contribution in [2.45, 2.75) is 38.4 Å². The van der Waals surface area contributed by atoms with Gasteiger partial charge < -0.3 is 15.0 Å². The quantitative estimate of drug-likeness (QED) is 0.785. The lowest BCUT2D eigenvalue weighted by Gasteiger charge is -2.27.